The summed E-state index contributed by atoms with van der Waals surface area (Å²) in [5.74, 6) is -0.192. The molecule has 0 fully saturated rings. The maximum absolute atomic E-state index is 11.8. The van der Waals surface area contributed by atoms with E-state index in [0.29, 0.717) is 11.6 Å². The molecule has 0 saturated heterocycles. The minimum atomic E-state index is -0.192. The van der Waals surface area contributed by atoms with Crippen LogP contribution in [-0.4, -0.2) is 27.1 Å². The number of carbonyl (C=O) groups excluding carboxylic acids is 1. The summed E-state index contributed by atoms with van der Waals surface area (Å²) in [6, 6.07) is 14.8. The van der Waals surface area contributed by atoms with Gasteiger partial charge >= 0.3 is 0 Å². The number of hydrogen-bond acceptors (Lipinski definition) is 4. The zero-order chi connectivity index (χ0) is 16.1. The van der Waals surface area contributed by atoms with E-state index in [2.05, 4.69) is 20.8 Å². The van der Waals surface area contributed by atoms with Gasteiger partial charge < -0.3 is 0 Å². The number of hydrazone groups is 1. The van der Waals surface area contributed by atoms with Crippen molar-refractivity contribution in [3.05, 3.63) is 59.1 Å². The van der Waals surface area contributed by atoms with E-state index in [-0.39, 0.29) is 12.3 Å². The second kappa shape index (κ2) is 7.02. The molecule has 1 aromatic heterocycles. The molecule has 0 aliphatic carbocycles. The maximum Gasteiger partial charge on any atom is 0.241 e. The van der Waals surface area contributed by atoms with E-state index in [9.17, 15) is 4.79 Å². The van der Waals surface area contributed by atoms with E-state index in [4.69, 9.17) is 11.6 Å². The number of aromatic nitrogens is 3. The molecule has 116 valence electrons. The van der Waals surface area contributed by atoms with Crippen molar-refractivity contribution in [3.63, 3.8) is 0 Å². The molecule has 3 aromatic rings. The van der Waals surface area contributed by atoms with Crippen LogP contribution in [0.5, 0.6) is 0 Å². The molecule has 1 heterocycles. The van der Waals surface area contributed by atoms with Crippen molar-refractivity contribution in [2.24, 2.45) is 5.10 Å². The first-order valence-corrected chi connectivity index (χ1v) is 7.46. The Morgan fingerprint density at radius 2 is 2.13 bits per heavy atom. The van der Waals surface area contributed by atoms with Crippen molar-refractivity contribution in [3.8, 4) is 0 Å². The van der Waals surface area contributed by atoms with Gasteiger partial charge in [0.2, 0.25) is 5.91 Å². The Bertz CT molecular complexity index is 858. The van der Waals surface area contributed by atoms with Gasteiger partial charge in [-0.3, -0.25) is 4.79 Å². The number of amides is 1. The molecule has 6 nitrogen and oxygen atoms in total. The highest BCUT2D eigenvalue weighted by Gasteiger charge is 2.05. The van der Waals surface area contributed by atoms with Crippen molar-refractivity contribution in [2.45, 2.75) is 13.0 Å². The molecule has 2 aromatic carbocycles. The van der Waals surface area contributed by atoms with Gasteiger partial charge in [0.1, 0.15) is 5.52 Å². The fourth-order valence-electron chi connectivity index (χ4n) is 2.11. The third-order valence-electron chi connectivity index (χ3n) is 3.22. The first-order valence-electron chi connectivity index (χ1n) is 7.08. The average molecular weight is 328 g/mol. The SMILES string of the molecule is O=C(CCn1nnc2ccccc21)N/N=C\c1cccc(Cl)c1. The van der Waals surface area contributed by atoms with Crippen LogP contribution in [0.2, 0.25) is 5.02 Å². The van der Waals surface area contributed by atoms with Crippen LogP contribution in [0, 0.1) is 0 Å². The van der Waals surface area contributed by atoms with E-state index >= 15 is 0 Å². The fourth-order valence-corrected chi connectivity index (χ4v) is 2.31. The van der Waals surface area contributed by atoms with E-state index in [0.717, 1.165) is 16.6 Å². The molecule has 0 spiro atoms. The lowest BCUT2D eigenvalue weighted by Gasteiger charge is -2.01. The number of halogens is 1. The lowest BCUT2D eigenvalue weighted by molar-refractivity contribution is -0.121. The van der Waals surface area contributed by atoms with Gasteiger partial charge in [-0.2, -0.15) is 5.10 Å². The number of hydrogen-bond donors (Lipinski definition) is 1. The van der Waals surface area contributed by atoms with Crippen LogP contribution in [0.3, 0.4) is 0 Å². The average Bonchev–Trinajstić information content (AvgIpc) is 2.96. The molecule has 0 bridgehead atoms. The summed E-state index contributed by atoms with van der Waals surface area (Å²) in [5, 5.41) is 12.6. The van der Waals surface area contributed by atoms with Crippen LogP contribution in [0.1, 0.15) is 12.0 Å². The van der Waals surface area contributed by atoms with E-state index < -0.39 is 0 Å². The third kappa shape index (κ3) is 3.92. The van der Waals surface area contributed by atoms with Crippen molar-refractivity contribution in [1.82, 2.24) is 20.4 Å². The Morgan fingerprint density at radius 1 is 1.26 bits per heavy atom. The van der Waals surface area contributed by atoms with Gasteiger partial charge in [-0.15, -0.1) is 5.10 Å². The summed E-state index contributed by atoms with van der Waals surface area (Å²) < 4.78 is 1.70. The number of aryl methyl sites for hydroxylation is 1. The van der Waals surface area contributed by atoms with Crippen LogP contribution in [-0.2, 0) is 11.3 Å². The molecule has 0 aliphatic heterocycles. The zero-order valence-corrected chi connectivity index (χ0v) is 12.9. The molecule has 0 saturated carbocycles. The van der Waals surface area contributed by atoms with Crippen molar-refractivity contribution >= 4 is 34.8 Å². The summed E-state index contributed by atoms with van der Waals surface area (Å²) in [7, 11) is 0. The molecule has 1 N–H and O–H groups in total. The highest BCUT2D eigenvalue weighted by molar-refractivity contribution is 6.30. The Hall–Kier alpha value is -2.73. The molecular formula is C16H14ClN5O. The zero-order valence-electron chi connectivity index (χ0n) is 12.2. The van der Waals surface area contributed by atoms with E-state index in [1.54, 1.807) is 23.0 Å². The maximum atomic E-state index is 11.8. The largest absolute Gasteiger partial charge is 0.273 e. The fraction of sp³-hybridized carbons (Fsp3) is 0.125. The highest BCUT2D eigenvalue weighted by atomic mass is 35.5. The monoisotopic (exact) mass is 327 g/mol. The number of nitrogens with zero attached hydrogens (tertiary/aromatic N) is 4. The Balaban J connectivity index is 1.54. The van der Waals surface area contributed by atoms with Crippen LogP contribution in [0.15, 0.2) is 53.6 Å². The smallest absolute Gasteiger partial charge is 0.241 e. The van der Waals surface area contributed by atoms with Gasteiger partial charge in [-0.25, -0.2) is 10.1 Å². The molecule has 7 heteroatoms. The first-order chi connectivity index (χ1) is 11.2. The lowest BCUT2D eigenvalue weighted by Crippen LogP contribution is -2.19. The number of para-hydroxylation sites is 1. The van der Waals surface area contributed by atoms with Crippen LogP contribution in [0.25, 0.3) is 11.0 Å². The number of nitrogens with one attached hydrogen (secondary N) is 1. The molecule has 3 rings (SSSR count). The van der Waals surface area contributed by atoms with E-state index in [1.165, 1.54) is 0 Å². The van der Waals surface area contributed by atoms with Gasteiger partial charge in [-0.1, -0.05) is 41.1 Å². The van der Waals surface area contributed by atoms with Crippen LogP contribution < -0.4 is 5.43 Å². The summed E-state index contributed by atoms with van der Waals surface area (Å²) in [6.45, 7) is 0.443. The lowest BCUT2D eigenvalue weighted by atomic mass is 10.2. The van der Waals surface area contributed by atoms with Crippen molar-refractivity contribution in [2.75, 3.05) is 0 Å². The molecule has 0 radical (unpaired) electrons. The minimum absolute atomic E-state index is 0.192. The van der Waals surface area contributed by atoms with Gasteiger partial charge in [0.05, 0.1) is 18.3 Å². The number of fused-ring (bicyclic) bond motifs is 1. The normalized spacial score (nSPS) is 11.2. The van der Waals surface area contributed by atoms with Crippen molar-refractivity contribution < 1.29 is 4.79 Å². The highest BCUT2D eigenvalue weighted by Crippen LogP contribution is 2.10. The van der Waals surface area contributed by atoms with Crippen LogP contribution in [0.4, 0.5) is 0 Å². The molecule has 1 amide bonds. The van der Waals surface area contributed by atoms with Gasteiger partial charge in [0, 0.05) is 11.4 Å². The van der Waals surface area contributed by atoms with Crippen LogP contribution >= 0.6 is 11.6 Å². The Kier molecular flexibility index (Phi) is 4.63. The predicted octanol–water partition coefficient (Wildman–Crippen LogP) is 2.63. The molecule has 0 unspecified atom stereocenters. The van der Waals surface area contributed by atoms with Gasteiger partial charge in [0.15, 0.2) is 0 Å². The van der Waals surface area contributed by atoms with Gasteiger partial charge in [0.25, 0.3) is 0 Å². The second-order valence-corrected chi connectivity index (χ2v) is 5.34. The minimum Gasteiger partial charge on any atom is -0.273 e. The molecule has 23 heavy (non-hydrogen) atoms. The first kappa shape index (κ1) is 15.2. The number of carbonyl (C=O) groups is 1. The molecule has 0 aliphatic rings. The van der Waals surface area contributed by atoms with Crippen molar-refractivity contribution in [1.29, 1.82) is 0 Å². The summed E-state index contributed by atoms with van der Waals surface area (Å²) in [5.41, 5.74) is 5.02. The topological polar surface area (TPSA) is 72.2 Å². The van der Waals surface area contributed by atoms with Gasteiger partial charge in [-0.05, 0) is 29.8 Å². The second-order valence-electron chi connectivity index (χ2n) is 4.90. The van der Waals surface area contributed by atoms with E-state index in [1.807, 2.05) is 36.4 Å². The number of benzene rings is 2. The Morgan fingerprint density at radius 3 is 3.00 bits per heavy atom. The molecule has 0 atom stereocenters. The number of rotatable bonds is 5. The Labute approximate surface area is 137 Å². The summed E-state index contributed by atoms with van der Waals surface area (Å²) in [4.78, 5) is 11.8. The molecular weight excluding hydrogens is 314 g/mol. The standard InChI is InChI=1S/C16H14ClN5O/c17-13-5-3-4-12(10-13)11-18-20-16(23)8-9-22-15-7-2-1-6-14(15)19-21-22/h1-7,10-11H,8-9H2,(H,20,23)/b18-11-. The summed E-state index contributed by atoms with van der Waals surface area (Å²) >= 11 is 5.88. The third-order valence-corrected chi connectivity index (χ3v) is 3.46. The summed E-state index contributed by atoms with van der Waals surface area (Å²) in [6.07, 6.45) is 1.81. The predicted molar refractivity (Wildman–Crippen MR) is 89.3 cm³/mol. The quantitative estimate of drug-likeness (QED) is 0.578.